The maximum absolute atomic E-state index is 11.2. The van der Waals surface area contributed by atoms with Crippen LogP contribution in [0.3, 0.4) is 0 Å². The quantitative estimate of drug-likeness (QED) is 0.667. The van der Waals surface area contributed by atoms with Gasteiger partial charge in [0.25, 0.3) is 0 Å². The van der Waals surface area contributed by atoms with Gasteiger partial charge in [0.15, 0.2) is 0 Å². The Bertz CT molecular complexity index is 610. The van der Waals surface area contributed by atoms with Crippen molar-refractivity contribution < 1.29 is 14.7 Å². The number of hydrogen-bond acceptors (Lipinski definition) is 3. The van der Waals surface area contributed by atoms with Gasteiger partial charge in [0.05, 0.1) is 6.04 Å². The molecule has 0 bridgehead atoms. The molecule has 2 aromatic rings. The van der Waals surface area contributed by atoms with Gasteiger partial charge in [0.2, 0.25) is 5.91 Å². The lowest BCUT2D eigenvalue weighted by atomic mass is 10.1. The van der Waals surface area contributed by atoms with E-state index in [0.29, 0.717) is 0 Å². The average Bonchev–Trinajstić information content (AvgIpc) is 2.55. The SMILES string of the molecule is CC(=O)N(O)[C@H](C)c1ccc(O[C@H](C)c2ccccc2)cc1. The summed E-state index contributed by atoms with van der Waals surface area (Å²) in [7, 11) is 0. The molecule has 0 unspecified atom stereocenters. The summed E-state index contributed by atoms with van der Waals surface area (Å²) in [5, 5.41) is 10.4. The molecule has 4 heteroatoms. The van der Waals surface area contributed by atoms with Crippen LogP contribution in [-0.2, 0) is 4.79 Å². The molecular formula is C18H21NO3. The van der Waals surface area contributed by atoms with E-state index in [4.69, 9.17) is 4.74 Å². The lowest BCUT2D eigenvalue weighted by Gasteiger charge is -2.22. The number of benzene rings is 2. The van der Waals surface area contributed by atoms with Crippen molar-refractivity contribution in [2.45, 2.75) is 32.9 Å². The van der Waals surface area contributed by atoms with Crippen LogP contribution in [0.25, 0.3) is 0 Å². The largest absolute Gasteiger partial charge is 0.486 e. The van der Waals surface area contributed by atoms with Crippen molar-refractivity contribution in [3.8, 4) is 5.75 Å². The summed E-state index contributed by atoms with van der Waals surface area (Å²) in [4.78, 5) is 11.2. The van der Waals surface area contributed by atoms with E-state index in [1.54, 1.807) is 6.92 Å². The molecule has 0 aromatic heterocycles. The number of carbonyl (C=O) groups is 1. The summed E-state index contributed by atoms with van der Waals surface area (Å²) < 4.78 is 5.90. The highest BCUT2D eigenvalue weighted by Gasteiger charge is 2.16. The molecule has 0 radical (unpaired) electrons. The number of amides is 1. The van der Waals surface area contributed by atoms with E-state index in [9.17, 15) is 10.0 Å². The molecule has 4 nitrogen and oxygen atoms in total. The predicted octanol–water partition coefficient (Wildman–Crippen LogP) is 4.13. The van der Waals surface area contributed by atoms with Crippen LogP contribution in [0.15, 0.2) is 54.6 Å². The first-order valence-corrected chi connectivity index (χ1v) is 7.29. The van der Waals surface area contributed by atoms with Gasteiger partial charge in [0.1, 0.15) is 11.9 Å². The van der Waals surface area contributed by atoms with Crippen molar-refractivity contribution in [3.05, 3.63) is 65.7 Å². The third-order valence-corrected chi connectivity index (χ3v) is 3.63. The molecule has 0 fully saturated rings. The summed E-state index contributed by atoms with van der Waals surface area (Å²) in [6, 6.07) is 17.0. The van der Waals surface area contributed by atoms with Gasteiger partial charge in [-0.25, -0.2) is 5.06 Å². The molecule has 0 saturated heterocycles. The fraction of sp³-hybridized carbons (Fsp3) is 0.278. The van der Waals surface area contributed by atoms with E-state index in [1.165, 1.54) is 6.92 Å². The Hall–Kier alpha value is -2.33. The maximum Gasteiger partial charge on any atom is 0.243 e. The molecule has 0 aliphatic heterocycles. The van der Waals surface area contributed by atoms with Crippen LogP contribution >= 0.6 is 0 Å². The Kier molecular flexibility index (Phi) is 5.17. The molecular weight excluding hydrogens is 278 g/mol. The highest BCUT2D eigenvalue weighted by molar-refractivity contribution is 5.72. The Morgan fingerprint density at radius 1 is 1.00 bits per heavy atom. The van der Waals surface area contributed by atoms with Gasteiger partial charge in [-0.2, -0.15) is 0 Å². The Morgan fingerprint density at radius 3 is 2.14 bits per heavy atom. The third-order valence-electron chi connectivity index (χ3n) is 3.63. The first-order valence-electron chi connectivity index (χ1n) is 7.29. The van der Waals surface area contributed by atoms with Crippen molar-refractivity contribution >= 4 is 5.91 Å². The summed E-state index contributed by atoms with van der Waals surface area (Å²) in [6.07, 6.45) is -0.0453. The Labute approximate surface area is 130 Å². The van der Waals surface area contributed by atoms with Crippen molar-refractivity contribution in [1.29, 1.82) is 0 Å². The zero-order chi connectivity index (χ0) is 16.1. The molecule has 0 aliphatic carbocycles. The zero-order valence-electron chi connectivity index (χ0n) is 13.1. The summed E-state index contributed by atoms with van der Waals surface area (Å²) in [5.41, 5.74) is 1.95. The molecule has 1 amide bonds. The fourth-order valence-corrected chi connectivity index (χ4v) is 2.24. The fourth-order valence-electron chi connectivity index (χ4n) is 2.24. The zero-order valence-corrected chi connectivity index (χ0v) is 13.1. The second kappa shape index (κ2) is 7.09. The lowest BCUT2D eigenvalue weighted by Crippen LogP contribution is -2.27. The minimum absolute atomic E-state index is 0.0453. The van der Waals surface area contributed by atoms with E-state index >= 15 is 0 Å². The normalized spacial score (nSPS) is 13.3. The second-order valence-corrected chi connectivity index (χ2v) is 5.28. The van der Waals surface area contributed by atoms with Crippen molar-refractivity contribution in [2.24, 2.45) is 0 Å². The van der Waals surface area contributed by atoms with Gasteiger partial charge in [-0.3, -0.25) is 10.0 Å². The van der Waals surface area contributed by atoms with Gasteiger partial charge in [-0.15, -0.1) is 0 Å². The highest BCUT2D eigenvalue weighted by atomic mass is 16.5. The van der Waals surface area contributed by atoms with Crippen LogP contribution < -0.4 is 4.74 Å². The first kappa shape index (κ1) is 16.0. The minimum Gasteiger partial charge on any atom is -0.486 e. The van der Waals surface area contributed by atoms with Gasteiger partial charge in [-0.1, -0.05) is 42.5 Å². The van der Waals surface area contributed by atoms with Gasteiger partial charge < -0.3 is 4.74 Å². The van der Waals surface area contributed by atoms with E-state index in [0.717, 1.165) is 21.9 Å². The predicted molar refractivity (Wildman–Crippen MR) is 84.6 cm³/mol. The topological polar surface area (TPSA) is 49.8 Å². The Balaban J connectivity index is 2.04. The smallest absolute Gasteiger partial charge is 0.243 e. The number of hydrogen-bond donors (Lipinski definition) is 1. The maximum atomic E-state index is 11.2. The van der Waals surface area contributed by atoms with Gasteiger partial charge >= 0.3 is 0 Å². The summed E-state index contributed by atoms with van der Waals surface area (Å²) in [5.74, 6) is 0.366. The molecule has 0 spiro atoms. The highest BCUT2D eigenvalue weighted by Crippen LogP contribution is 2.25. The number of carbonyl (C=O) groups excluding carboxylic acids is 1. The molecule has 2 rings (SSSR count). The van der Waals surface area contributed by atoms with E-state index < -0.39 is 6.04 Å². The second-order valence-electron chi connectivity index (χ2n) is 5.28. The molecule has 2 atom stereocenters. The molecule has 2 aromatic carbocycles. The average molecular weight is 299 g/mol. The number of hydroxylamine groups is 2. The van der Waals surface area contributed by atoms with Crippen LogP contribution in [0.2, 0.25) is 0 Å². The van der Waals surface area contributed by atoms with Crippen molar-refractivity contribution in [2.75, 3.05) is 0 Å². The van der Waals surface area contributed by atoms with Crippen LogP contribution in [0.4, 0.5) is 0 Å². The van der Waals surface area contributed by atoms with E-state index in [-0.39, 0.29) is 12.0 Å². The molecule has 0 aliphatic rings. The summed E-state index contributed by atoms with van der Waals surface area (Å²) >= 11 is 0. The number of rotatable bonds is 5. The summed E-state index contributed by atoms with van der Waals surface area (Å²) in [6.45, 7) is 5.09. The monoisotopic (exact) mass is 299 g/mol. The number of nitrogens with zero attached hydrogens (tertiary/aromatic N) is 1. The number of ether oxygens (including phenoxy) is 1. The van der Waals surface area contributed by atoms with Crippen LogP contribution in [0.1, 0.15) is 44.0 Å². The van der Waals surface area contributed by atoms with Crippen molar-refractivity contribution in [1.82, 2.24) is 5.06 Å². The molecule has 0 heterocycles. The van der Waals surface area contributed by atoms with E-state index in [2.05, 4.69) is 0 Å². The van der Waals surface area contributed by atoms with Crippen LogP contribution in [0, 0.1) is 0 Å². The lowest BCUT2D eigenvalue weighted by molar-refractivity contribution is -0.172. The van der Waals surface area contributed by atoms with Crippen molar-refractivity contribution in [3.63, 3.8) is 0 Å². The van der Waals surface area contributed by atoms with E-state index in [1.807, 2.05) is 61.5 Å². The molecule has 22 heavy (non-hydrogen) atoms. The minimum atomic E-state index is -0.391. The van der Waals surface area contributed by atoms with Gasteiger partial charge in [0, 0.05) is 6.92 Å². The third kappa shape index (κ3) is 3.86. The van der Waals surface area contributed by atoms with Crippen LogP contribution in [-0.4, -0.2) is 16.2 Å². The van der Waals surface area contributed by atoms with Crippen LogP contribution in [0.5, 0.6) is 5.75 Å². The Morgan fingerprint density at radius 2 is 1.59 bits per heavy atom. The standard InChI is InChI=1S/C18H21NO3/c1-13(19(21)15(3)20)16-9-11-18(12-10-16)22-14(2)17-7-5-4-6-8-17/h4-14,21H,1-3H3/t13-,14-/m1/s1. The van der Waals surface area contributed by atoms with Gasteiger partial charge in [-0.05, 0) is 37.1 Å². The molecule has 116 valence electrons. The first-order chi connectivity index (χ1) is 10.5. The molecule has 0 saturated carbocycles. The molecule has 1 N–H and O–H groups in total.